The lowest BCUT2D eigenvalue weighted by Gasteiger charge is -2.57. The fraction of sp³-hybridized carbons (Fsp3) is 0.857. The molecule has 0 unspecified atom stereocenters. The van der Waals surface area contributed by atoms with Gasteiger partial charge in [-0.25, -0.2) is 0 Å². The Morgan fingerprint density at radius 3 is 1.88 bits per heavy atom. The van der Waals surface area contributed by atoms with Gasteiger partial charge >= 0.3 is 0 Å². The van der Waals surface area contributed by atoms with Crippen molar-refractivity contribution in [1.82, 2.24) is 0 Å². The van der Waals surface area contributed by atoms with Crippen LogP contribution >= 0.6 is 47.8 Å². The van der Waals surface area contributed by atoms with E-state index in [0.717, 1.165) is 23.1 Å². The Morgan fingerprint density at radius 2 is 1.53 bits per heavy atom. The summed E-state index contributed by atoms with van der Waals surface area (Å²) in [5, 5.41) is 1.05. The summed E-state index contributed by atoms with van der Waals surface area (Å²) in [5.41, 5.74) is 2.20. The highest BCUT2D eigenvalue weighted by Gasteiger charge is 2.52. The molecule has 96 valence electrons. The van der Waals surface area contributed by atoms with Gasteiger partial charge in [0.05, 0.1) is 3.74 Å². The first-order chi connectivity index (χ1) is 8.11. The van der Waals surface area contributed by atoms with E-state index in [-0.39, 0.29) is 0 Å². The van der Waals surface area contributed by atoms with E-state index < -0.39 is 0 Å². The van der Waals surface area contributed by atoms with Crippen molar-refractivity contribution in [3.05, 3.63) is 11.6 Å². The van der Waals surface area contributed by atoms with Crippen molar-refractivity contribution in [3.63, 3.8) is 0 Å². The van der Waals surface area contributed by atoms with E-state index in [1.807, 2.05) is 0 Å². The van der Waals surface area contributed by atoms with Crippen LogP contribution in [0.4, 0.5) is 0 Å². The molecule has 4 saturated carbocycles. The molecule has 4 aliphatic rings. The standard InChI is InChI=1S/C14H19Br3/c15-8-12(4-13(16)17)14-5-9-1-10(6-14)3-11(2-9)7-14/h4,9-11,13H,1-3,5-8H2/b12-4+. The van der Waals surface area contributed by atoms with E-state index in [1.165, 1.54) is 38.5 Å². The maximum Gasteiger partial charge on any atom is 0.0880 e. The molecule has 0 aromatic carbocycles. The topological polar surface area (TPSA) is 0 Å². The summed E-state index contributed by atoms with van der Waals surface area (Å²) < 4.78 is 0.329. The second-order valence-corrected chi connectivity index (χ2v) is 10.1. The number of alkyl halides is 3. The molecule has 0 heterocycles. The summed E-state index contributed by atoms with van der Waals surface area (Å²) in [4.78, 5) is 0. The fourth-order valence-corrected chi connectivity index (χ4v) is 6.44. The van der Waals surface area contributed by atoms with Crippen molar-refractivity contribution in [2.24, 2.45) is 23.2 Å². The van der Waals surface area contributed by atoms with Crippen molar-refractivity contribution >= 4 is 47.8 Å². The maximum absolute atomic E-state index is 3.72. The SMILES string of the molecule is BrC/C(=C\C(Br)Br)C12CC3CC(CC(C3)C1)C2. The van der Waals surface area contributed by atoms with Crippen LogP contribution in [0.2, 0.25) is 0 Å². The summed E-state index contributed by atoms with van der Waals surface area (Å²) in [6, 6.07) is 0. The molecule has 4 fully saturated rings. The molecular weight excluding hydrogens is 408 g/mol. The van der Waals surface area contributed by atoms with Gasteiger partial charge < -0.3 is 0 Å². The van der Waals surface area contributed by atoms with Crippen LogP contribution in [0.1, 0.15) is 38.5 Å². The van der Waals surface area contributed by atoms with Gasteiger partial charge in [-0.15, -0.1) is 0 Å². The Labute approximate surface area is 129 Å². The molecule has 0 radical (unpaired) electrons. The lowest BCUT2D eigenvalue weighted by atomic mass is 9.48. The highest BCUT2D eigenvalue weighted by Crippen LogP contribution is 2.62. The number of halogens is 3. The Balaban J connectivity index is 1.90. The number of hydrogen-bond donors (Lipinski definition) is 0. The molecule has 0 saturated heterocycles. The zero-order valence-corrected chi connectivity index (χ0v) is 14.7. The molecule has 0 N–H and O–H groups in total. The molecule has 3 heteroatoms. The molecule has 4 aliphatic carbocycles. The van der Waals surface area contributed by atoms with E-state index in [9.17, 15) is 0 Å². The van der Waals surface area contributed by atoms with E-state index in [4.69, 9.17) is 0 Å². The Bertz CT molecular complexity index is 297. The second kappa shape index (κ2) is 4.94. The van der Waals surface area contributed by atoms with E-state index >= 15 is 0 Å². The summed E-state index contributed by atoms with van der Waals surface area (Å²) in [6.07, 6.45) is 11.4. The predicted octanol–water partition coefficient (Wildman–Crippen LogP) is 5.64. The van der Waals surface area contributed by atoms with Crippen molar-refractivity contribution in [2.75, 3.05) is 5.33 Å². The van der Waals surface area contributed by atoms with Crippen LogP contribution < -0.4 is 0 Å². The maximum atomic E-state index is 3.72. The van der Waals surface area contributed by atoms with Gasteiger partial charge in [0.25, 0.3) is 0 Å². The largest absolute Gasteiger partial charge is 0.0880 e. The Kier molecular flexibility index (Phi) is 3.83. The highest BCUT2D eigenvalue weighted by atomic mass is 79.9. The van der Waals surface area contributed by atoms with Gasteiger partial charge in [0, 0.05) is 5.33 Å². The van der Waals surface area contributed by atoms with Crippen LogP contribution in [0.15, 0.2) is 11.6 Å². The highest BCUT2D eigenvalue weighted by molar-refractivity contribution is 9.24. The molecule has 4 bridgehead atoms. The van der Waals surface area contributed by atoms with Crippen LogP contribution in [0.5, 0.6) is 0 Å². The van der Waals surface area contributed by atoms with Gasteiger partial charge in [-0.3, -0.25) is 0 Å². The van der Waals surface area contributed by atoms with Gasteiger partial charge in [0.15, 0.2) is 0 Å². The quantitative estimate of drug-likeness (QED) is 0.404. The summed E-state index contributed by atoms with van der Waals surface area (Å²) >= 11 is 11.0. The third-order valence-electron chi connectivity index (χ3n) is 5.19. The molecule has 0 nitrogen and oxygen atoms in total. The summed E-state index contributed by atoms with van der Waals surface area (Å²) in [7, 11) is 0. The van der Waals surface area contributed by atoms with E-state index in [1.54, 1.807) is 5.57 Å². The molecule has 0 aliphatic heterocycles. The zero-order valence-electron chi connectivity index (χ0n) is 9.97. The lowest BCUT2D eigenvalue weighted by molar-refractivity contribution is -0.0300. The minimum absolute atomic E-state index is 0.329. The van der Waals surface area contributed by atoms with Crippen LogP contribution in [0.3, 0.4) is 0 Å². The molecular formula is C14H19Br3. The van der Waals surface area contributed by atoms with Crippen LogP contribution in [-0.4, -0.2) is 9.07 Å². The molecule has 0 atom stereocenters. The molecule has 4 rings (SSSR count). The van der Waals surface area contributed by atoms with Gasteiger partial charge in [-0.1, -0.05) is 59.4 Å². The lowest BCUT2D eigenvalue weighted by Crippen LogP contribution is -2.47. The Hall–Kier alpha value is 1.18. The average molecular weight is 427 g/mol. The first kappa shape index (κ1) is 13.2. The van der Waals surface area contributed by atoms with E-state index in [2.05, 4.69) is 53.9 Å². The molecule has 0 aromatic heterocycles. The van der Waals surface area contributed by atoms with Crippen molar-refractivity contribution < 1.29 is 0 Å². The van der Waals surface area contributed by atoms with Crippen LogP contribution in [-0.2, 0) is 0 Å². The minimum atomic E-state index is 0.329. The molecule has 17 heavy (non-hydrogen) atoms. The predicted molar refractivity (Wildman–Crippen MR) is 84.1 cm³/mol. The monoisotopic (exact) mass is 424 g/mol. The third kappa shape index (κ3) is 2.45. The van der Waals surface area contributed by atoms with Crippen molar-refractivity contribution in [1.29, 1.82) is 0 Å². The van der Waals surface area contributed by atoms with Crippen LogP contribution in [0.25, 0.3) is 0 Å². The van der Waals surface area contributed by atoms with E-state index in [0.29, 0.717) is 9.15 Å². The third-order valence-corrected chi connectivity index (χ3v) is 6.32. The van der Waals surface area contributed by atoms with Gasteiger partial charge in [-0.2, -0.15) is 0 Å². The first-order valence-corrected chi connectivity index (χ1v) is 9.62. The summed E-state index contributed by atoms with van der Waals surface area (Å²) in [5.74, 6) is 3.11. The molecule has 0 spiro atoms. The smallest absolute Gasteiger partial charge is 0.0880 e. The van der Waals surface area contributed by atoms with Gasteiger partial charge in [0.1, 0.15) is 0 Å². The number of allylic oxidation sites excluding steroid dienone is 2. The number of hydrogen-bond acceptors (Lipinski definition) is 0. The fourth-order valence-electron chi connectivity index (χ4n) is 5.02. The van der Waals surface area contributed by atoms with Crippen molar-refractivity contribution in [2.45, 2.75) is 42.3 Å². The summed E-state index contributed by atoms with van der Waals surface area (Å²) in [6.45, 7) is 0. The molecule has 0 amide bonds. The first-order valence-electron chi connectivity index (χ1n) is 6.66. The normalized spacial score (nSPS) is 44.7. The Morgan fingerprint density at radius 1 is 1.06 bits per heavy atom. The van der Waals surface area contributed by atoms with Gasteiger partial charge in [0.2, 0.25) is 0 Å². The molecule has 0 aromatic rings. The minimum Gasteiger partial charge on any atom is -0.0880 e. The zero-order chi connectivity index (χ0) is 12.0. The average Bonchev–Trinajstić information content (AvgIpc) is 2.23. The van der Waals surface area contributed by atoms with Gasteiger partial charge in [-0.05, 0) is 61.7 Å². The second-order valence-electron chi connectivity index (χ2n) is 6.36. The number of rotatable bonds is 3. The van der Waals surface area contributed by atoms with Crippen LogP contribution in [0, 0.1) is 23.2 Å². The van der Waals surface area contributed by atoms with Crippen molar-refractivity contribution in [3.8, 4) is 0 Å².